The van der Waals surface area contributed by atoms with Crippen molar-refractivity contribution in [1.29, 1.82) is 0 Å². The smallest absolute Gasteiger partial charge is 0.408 e. The maximum atomic E-state index is 12.4. The molecule has 2 aromatic carbocycles. The average Bonchev–Trinajstić information content (AvgIpc) is 2.59. The highest BCUT2D eigenvalue weighted by Crippen LogP contribution is 2.16. The van der Waals surface area contributed by atoms with E-state index in [0.29, 0.717) is 17.9 Å². The predicted molar refractivity (Wildman–Crippen MR) is 100 cm³/mol. The molecule has 0 saturated carbocycles. The Morgan fingerprint density at radius 3 is 2.19 bits per heavy atom. The molecule has 138 valence electrons. The van der Waals surface area contributed by atoms with E-state index in [1.807, 2.05) is 30.3 Å². The topological polar surface area (TPSA) is 64.6 Å². The first-order valence-electron chi connectivity index (χ1n) is 8.55. The van der Waals surface area contributed by atoms with E-state index < -0.39 is 17.7 Å². The molecule has 0 fully saturated rings. The van der Waals surface area contributed by atoms with Gasteiger partial charge in [-0.15, -0.1) is 0 Å². The van der Waals surface area contributed by atoms with Gasteiger partial charge in [-0.2, -0.15) is 0 Å². The van der Waals surface area contributed by atoms with Crippen LogP contribution in [0, 0.1) is 0 Å². The molecule has 26 heavy (non-hydrogen) atoms. The van der Waals surface area contributed by atoms with Crippen molar-refractivity contribution < 1.29 is 19.1 Å². The van der Waals surface area contributed by atoms with Gasteiger partial charge in [0.25, 0.3) is 0 Å². The first-order valence-corrected chi connectivity index (χ1v) is 8.55. The minimum Gasteiger partial charge on any atom is -0.489 e. The Labute approximate surface area is 154 Å². The standard InChI is InChI=1S/C21H25NO4/c1-15(22-20(24)26-21(2,3)4)19(23)17-10-12-18(13-11-17)25-14-16-8-6-5-7-9-16/h5-13,15H,14H2,1-4H3,(H,22,24). The number of nitrogens with one attached hydrogen (secondary N) is 1. The Hall–Kier alpha value is -2.82. The Bertz CT molecular complexity index is 733. The van der Waals surface area contributed by atoms with Gasteiger partial charge in [0.2, 0.25) is 0 Å². The number of benzene rings is 2. The number of alkyl carbamates (subject to hydrolysis) is 1. The zero-order valence-electron chi connectivity index (χ0n) is 15.6. The maximum Gasteiger partial charge on any atom is 0.408 e. The summed E-state index contributed by atoms with van der Waals surface area (Å²) in [6.45, 7) is 7.41. The molecule has 0 bridgehead atoms. The molecule has 0 saturated heterocycles. The monoisotopic (exact) mass is 355 g/mol. The highest BCUT2D eigenvalue weighted by molar-refractivity contribution is 6.01. The zero-order chi connectivity index (χ0) is 19.2. The fourth-order valence-corrected chi connectivity index (χ4v) is 2.26. The van der Waals surface area contributed by atoms with Gasteiger partial charge in [-0.3, -0.25) is 4.79 Å². The SMILES string of the molecule is CC(NC(=O)OC(C)(C)C)C(=O)c1ccc(OCc2ccccc2)cc1. The molecule has 0 heterocycles. The molecule has 2 aromatic rings. The van der Waals surface area contributed by atoms with Crippen LogP contribution in [0.3, 0.4) is 0 Å². The van der Waals surface area contributed by atoms with Crippen molar-refractivity contribution in [3.05, 3.63) is 65.7 Å². The van der Waals surface area contributed by atoms with Crippen molar-refractivity contribution in [3.63, 3.8) is 0 Å². The summed E-state index contributed by atoms with van der Waals surface area (Å²) in [6, 6.07) is 16.0. The Balaban J connectivity index is 1.90. The summed E-state index contributed by atoms with van der Waals surface area (Å²) in [6.07, 6.45) is -0.610. The first-order chi connectivity index (χ1) is 12.2. The Morgan fingerprint density at radius 2 is 1.62 bits per heavy atom. The molecule has 1 amide bonds. The van der Waals surface area contributed by atoms with Crippen molar-refractivity contribution in [2.75, 3.05) is 0 Å². The lowest BCUT2D eigenvalue weighted by atomic mass is 10.1. The number of hydrogen-bond acceptors (Lipinski definition) is 4. The second-order valence-corrected chi connectivity index (χ2v) is 7.03. The summed E-state index contributed by atoms with van der Waals surface area (Å²) in [4.78, 5) is 24.2. The lowest BCUT2D eigenvalue weighted by Gasteiger charge is -2.21. The van der Waals surface area contributed by atoms with E-state index in [1.54, 1.807) is 52.0 Å². The largest absolute Gasteiger partial charge is 0.489 e. The number of rotatable bonds is 6. The molecule has 0 spiro atoms. The van der Waals surface area contributed by atoms with Gasteiger partial charge in [-0.25, -0.2) is 4.79 Å². The number of hydrogen-bond donors (Lipinski definition) is 1. The summed E-state index contributed by atoms with van der Waals surface area (Å²) in [5, 5.41) is 2.55. The third kappa shape index (κ3) is 6.24. The molecular weight excluding hydrogens is 330 g/mol. The third-order valence-corrected chi connectivity index (χ3v) is 3.51. The zero-order valence-corrected chi connectivity index (χ0v) is 15.6. The molecule has 5 nitrogen and oxygen atoms in total. The van der Waals surface area contributed by atoms with Crippen molar-refractivity contribution in [3.8, 4) is 5.75 Å². The summed E-state index contributed by atoms with van der Waals surface area (Å²) >= 11 is 0. The van der Waals surface area contributed by atoms with Gasteiger partial charge in [0.05, 0.1) is 6.04 Å². The number of carbonyl (C=O) groups is 2. The normalized spacial score (nSPS) is 12.2. The minimum absolute atomic E-state index is 0.189. The van der Waals surface area contributed by atoms with E-state index in [4.69, 9.17) is 9.47 Å². The van der Waals surface area contributed by atoms with E-state index in [1.165, 1.54) is 0 Å². The van der Waals surface area contributed by atoms with E-state index in [2.05, 4.69) is 5.32 Å². The number of Topliss-reactive ketones (excluding diaryl/α,β-unsaturated/α-hetero) is 1. The summed E-state index contributed by atoms with van der Waals surface area (Å²) in [5.74, 6) is 0.489. The van der Waals surface area contributed by atoms with Crippen LogP contribution in [0.5, 0.6) is 5.75 Å². The highest BCUT2D eigenvalue weighted by atomic mass is 16.6. The van der Waals surface area contributed by atoms with E-state index in [-0.39, 0.29) is 5.78 Å². The van der Waals surface area contributed by atoms with Crippen LogP contribution in [0.25, 0.3) is 0 Å². The molecule has 0 aliphatic carbocycles. The summed E-state index contributed by atoms with van der Waals surface area (Å²) < 4.78 is 10.9. The Morgan fingerprint density at radius 1 is 1.00 bits per heavy atom. The number of carbonyl (C=O) groups excluding carboxylic acids is 2. The van der Waals surface area contributed by atoms with Crippen LogP contribution in [0.1, 0.15) is 43.6 Å². The molecule has 5 heteroatoms. The van der Waals surface area contributed by atoms with Gasteiger partial charge in [0, 0.05) is 5.56 Å². The first kappa shape index (κ1) is 19.5. The van der Waals surface area contributed by atoms with Crippen molar-refractivity contribution >= 4 is 11.9 Å². The fourth-order valence-electron chi connectivity index (χ4n) is 2.26. The van der Waals surface area contributed by atoms with Crippen LogP contribution in [0.4, 0.5) is 4.79 Å². The van der Waals surface area contributed by atoms with Crippen molar-refractivity contribution in [1.82, 2.24) is 5.32 Å². The molecule has 0 radical (unpaired) electrons. The highest BCUT2D eigenvalue weighted by Gasteiger charge is 2.21. The minimum atomic E-state index is -0.680. The fraction of sp³-hybridized carbons (Fsp3) is 0.333. The van der Waals surface area contributed by atoms with Crippen LogP contribution in [-0.2, 0) is 11.3 Å². The summed E-state index contributed by atoms with van der Waals surface area (Å²) in [5.41, 5.74) is 0.966. The Kier molecular flexibility index (Phi) is 6.39. The number of amides is 1. The molecule has 1 atom stereocenters. The summed E-state index contributed by atoms with van der Waals surface area (Å²) in [7, 11) is 0. The lowest BCUT2D eigenvalue weighted by molar-refractivity contribution is 0.0496. The molecular formula is C21H25NO4. The van der Waals surface area contributed by atoms with E-state index in [9.17, 15) is 9.59 Å². The van der Waals surface area contributed by atoms with Crippen LogP contribution >= 0.6 is 0 Å². The number of ketones is 1. The maximum absolute atomic E-state index is 12.4. The van der Waals surface area contributed by atoms with Crippen LogP contribution in [0.15, 0.2) is 54.6 Å². The van der Waals surface area contributed by atoms with Crippen LogP contribution < -0.4 is 10.1 Å². The van der Waals surface area contributed by atoms with E-state index >= 15 is 0 Å². The predicted octanol–water partition coefficient (Wildman–Crippen LogP) is 4.36. The van der Waals surface area contributed by atoms with Gasteiger partial charge in [-0.05, 0) is 57.5 Å². The van der Waals surface area contributed by atoms with Gasteiger partial charge in [0.15, 0.2) is 5.78 Å². The van der Waals surface area contributed by atoms with Gasteiger partial charge < -0.3 is 14.8 Å². The molecule has 0 aliphatic rings. The molecule has 0 aromatic heterocycles. The quantitative estimate of drug-likeness (QED) is 0.782. The van der Waals surface area contributed by atoms with Crippen molar-refractivity contribution in [2.24, 2.45) is 0 Å². The van der Waals surface area contributed by atoms with Crippen LogP contribution in [-0.4, -0.2) is 23.5 Å². The molecule has 2 rings (SSSR count). The van der Waals surface area contributed by atoms with Crippen LogP contribution in [0.2, 0.25) is 0 Å². The second-order valence-electron chi connectivity index (χ2n) is 7.03. The lowest BCUT2D eigenvalue weighted by Crippen LogP contribution is -2.41. The van der Waals surface area contributed by atoms with Gasteiger partial charge in [-0.1, -0.05) is 30.3 Å². The molecule has 1 N–H and O–H groups in total. The third-order valence-electron chi connectivity index (χ3n) is 3.51. The molecule has 1 unspecified atom stereocenters. The van der Waals surface area contributed by atoms with E-state index in [0.717, 1.165) is 5.56 Å². The second kappa shape index (κ2) is 8.52. The average molecular weight is 355 g/mol. The molecule has 0 aliphatic heterocycles. The number of ether oxygens (including phenoxy) is 2. The van der Waals surface area contributed by atoms with Gasteiger partial charge in [0.1, 0.15) is 18.0 Å². The van der Waals surface area contributed by atoms with Crippen molar-refractivity contribution in [2.45, 2.75) is 45.9 Å². The van der Waals surface area contributed by atoms with Gasteiger partial charge >= 0.3 is 6.09 Å².